The first-order valence-corrected chi connectivity index (χ1v) is 6.46. The standard InChI is InChI=1S/C14H19N3O4/c1-15-9-12(18)17-11-5-3-10(4-6-11)14(20)16-8-7-13(19)21-2/h3-6,15H,7-9H2,1-2H3,(H,16,20)(H,17,18). The highest BCUT2D eigenvalue weighted by Gasteiger charge is 2.07. The molecule has 0 saturated heterocycles. The molecule has 1 aromatic carbocycles. The summed E-state index contributed by atoms with van der Waals surface area (Å²) in [6, 6.07) is 6.48. The van der Waals surface area contributed by atoms with Crippen LogP contribution in [-0.4, -0.2) is 45.0 Å². The summed E-state index contributed by atoms with van der Waals surface area (Å²) in [7, 11) is 2.98. The molecule has 0 saturated carbocycles. The lowest BCUT2D eigenvalue weighted by atomic mass is 10.2. The largest absolute Gasteiger partial charge is 0.469 e. The van der Waals surface area contributed by atoms with Crippen molar-refractivity contribution >= 4 is 23.5 Å². The molecule has 0 spiro atoms. The van der Waals surface area contributed by atoms with Crippen molar-refractivity contribution in [2.24, 2.45) is 0 Å². The van der Waals surface area contributed by atoms with Gasteiger partial charge in [-0.1, -0.05) is 0 Å². The lowest BCUT2D eigenvalue weighted by Crippen LogP contribution is -2.26. The molecular weight excluding hydrogens is 274 g/mol. The van der Waals surface area contributed by atoms with E-state index in [9.17, 15) is 14.4 Å². The number of carbonyl (C=O) groups excluding carboxylic acids is 3. The number of hydrogen-bond donors (Lipinski definition) is 3. The number of esters is 1. The van der Waals surface area contributed by atoms with E-state index in [4.69, 9.17) is 0 Å². The zero-order valence-electron chi connectivity index (χ0n) is 12.1. The van der Waals surface area contributed by atoms with Crippen molar-refractivity contribution in [3.8, 4) is 0 Å². The van der Waals surface area contributed by atoms with Crippen molar-refractivity contribution in [2.45, 2.75) is 6.42 Å². The molecule has 21 heavy (non-hydrogen) atoms. The van der Waals surface area contributed by atoms with Crippen LogP contribution in [0.3, 0.4) is 0 Å². The minimum Gasteiger partial charge on any atom is -0.469 e. The number of carbonyl (C=O) groups is 3. The Morgan fingerprint density at radius 1 is 1.14 bits per heavy atom. The first-order valence-electron chi connectivity index (χ1n) is 6.46. The van der Waals surface area contributed by atoms with Crippen LogP contribution in [0.2, 0.25) is 0 Å². The summed E-state index contributed by atoms with van der Waals surface area (Å²) in [6.45, 7) is 0.432. The van der Waals surface area contributed by atoms with Crippen LogP contribution in [0.25, 0.3) is 0 Å². The number of hydrogen-bond acceptors (Lipinski definition) is 5. The molecule has 0 aliphatic heterocycles. The fourth-order valence-corrected chi connectivity index (χ4v) is 1.55. The van der Waals surface area contributed by atoms with Crippen LogP contribution < -0.4 is 16.0 Å². The summed E-state index contributed by atoms with van der Waals surface area (Å²) >= 11 is 0. The third kappa shape index (κ3) is 6.05. The van der Waals surface area contributed by atoms with Crippen LogP contribution in [0, 0.1) is 0 Å². The van der Waals surface area contributed by atoms with Crippen molar-refractivity contribution in [1.82, 2.24) is 10.6 Å². The van der Waals surface area contributed by atoms with E-state index in [2.05, 4.69) is 20.7 Å². The second-order valence-electron chi connectivity index (χ2n) is 4.24. The van der Waals surface area contributed by atoms with Crippen molar-refractivity contribution in [1.29, 1.82) is 0 Å². The van der Waals surface area contributed by atoms with Gasteiger partial charge < -0.3 is 20.7 Å². The Balaban J connectivity index is 2.47. The normalized spacial score (nSPS) is 9.81. The summed E-state index contributed by atoms with van der Waals surface area (Å²) < 4.78 is 4.47. The topological polar surface area (TPSA) is 96.5 Å². The number of nitrogens with one attached hydrogen (secondary N) is 3. The van der Waals surface area contributed by atoms with Gasteiger partial charge in [0, 0.05) is 17.8 Å². The molecule has 3 N–H and O–H groups in total. The Kier molecular flexibility index (Phi) is 6.90. The van der Waals surface area contributed by atoms with Gasteiger partial charge in [0.2, 0.25) is 5.91 Å². The van der Waals surface area contributed by atoms with Crippen molar-refractivity contribution in [3.05, 3.63) is 29.8 Å². The van der Waals surface area contributed by atoms with Gasteiger partial charge in [0.25, 0.3) is 5.91 Å². The summed E-state index contributed by atoms with van der Waals surface area (Å²) in [5.74, 6) is -0.822. The molecule has 114 valence electrons. The van der Waals surface area contributed by atoms with Gasteiger partial charge in [0.1, 0.15) is 0 Å². The van der Waals surface area contributed by atoms with Crippen LogP contribution in [0.1, 0.15) is 16.8 Å². The first-order chi connectivity index (χ1) is 10.1. The number of likely N-dealkylation sites (N-methyl/N-ethyl adjacent to an activating group) is 1. The van der Waals surface area contributed by atoms with Crippen LogP contribution in [0.4, 0.5) is 5.69 Å². The first kappa shape index (κ1) is 16.6. The van der Waals surface area contributed by atoms with Gasteiger partial charge >= 0.3 is 5.97 Å². The highest BCUT2D eigenvalue weighted by molar-refractivity contribution is 5.96. The zero-order valence-corrected chi connectivity index (χ0v) is 12.1. The minimum atomic E-state index is -0.377. The van der Waals surface area contributed by atoms with Crippen LogP contribution >= 0.6 is 0 Å². The Morgan fingerprint density at radius 2 is 1.81 bits per heavy atom. The molecule has 0 bridgehead atoms. The van der Waals surface area contributed by atoms with Crippen molar-refractivity contribution < 1.29 is 19.1 Å². The van der Waals surface area contributed by atoms with Gasteiger partial charge in [-0.25, -0.2) is 0 Å². The quantitative estimate of drug-likeness (QED) is 0.621. The molecule has 0 atom stereocenters. The maximum absolute atomic E-state index is 11.8. The molecule has 0 unspecified atom stereocenters. The molecule has 1 aromatic rings. The molecule has 0 heterocycles. The number of anilines is 1. The Morgan fingerprint density at radius 3 is 2.38 bits per heavy atom. The van der Waals surface area contributed by atoms with Crippen LogP contribution in [0.5, 0.6) is 0 Å². The number of rotatable bonds is 7. The van der Waals surface area contributed by atoms with E-state index >= 15 is 0 Å². The predicted molar refractivity (Wildman–Crippen MR) is 78.0 cm³/mol. The highest BCUT2D eigenvalue weighted by Crippen LogP contribution is 2.09. The SMILES string of the molecule is CNCC(=O)Nc1ccc(C(=O)NCCC(=O)OC)cc1. The molecule has 0 fully saturated rings. The number of amides is 2. The summed E-state index contributed by atoms with van der Waals surface area (Å²) in [6.07, 6.45) is 0.125. The highest BCUT2D eigenvalue weighted by atomic mass is 16.5. The molecule has 0 aliphatic carbocycles. The molecule has 0 radical (unpaired) electrons. The average molecular weight is 293 g/mol. The van der Waals surface area contributed by atoms with Gasteiger partial charge in [-0.3, -0.25) is 14.4 Å². The van der Waals surface area contributed by atoms with Crippen molar-refractivity contribution in [2.75, 3.05) is 32.6 Å². The molecule has 7 nitrogen and oxygen atoms in total. The minimum absolute atomic E-state index is 0.125. The van der Waals surface area contributed by atoms with Gasteiger partial charge in [-0.2, -0.15) is 0 Å². The summed E-state index contributed by atoms with van der Waals surface area (Å²) in [5.41, 5.74) is 1.06. The predicted octanol–water partition coefficient (Wildman–Crippen LogP) is 0.137. The monoisotopic (exact) mass is 293 g/mol. The van der Waals surface area contributed by atoms with Gasteiger partial charge in [0.15, 0.2) is 0 Å². The van der Waals surface area contributed by atoms with E-state index in [-0.39, 0.29) is 37.3 Å². The van der Waals surface area contributed by atoms with E-state index in [1.165, 1.54) is 7.11 Å². The van der Waals surface area contributed by atoms with E-state index in [1.807, 2.05) is 0 Å². The van der Waals surface area contributed by atoms with Gasteiger partial charge in [-0.05, 0) is 31.3 Å². The Bertz CT molecular complexity index is 499. The number of methoxy groups -OCH3 is 1. The molecule has 7 heteroatoms. The maximum Gasteiger partial charge on any atom is 0.307 e. The van der Waals surface area contributed by atoms with Crippen molar-refractivity contribution in [3.63, 3.8) is 0 Å². The molecule has 0 aliphatic rings. The van der Waals surface area contributed by atoms with Gasteiger partial charge in [-0.15, -0.1) is 0 Å². The van der Waals surface area contributed by atoms with E-state index in [1.54, 1.807) is 31.3 Å². The molecule has 1 rings (SSSR count). The smallest absolute Gasteiger partial charge is 0.307 e. The third-order valence-electron chi connectivity index (χ3n) is 2.61. The fraction of sp³-hybridized carbons (Fsp3) is 0.357. The summed E-state index contributed by atoms with van der Waals surface area (Å²) in [5, 5.41) is 8.03. The zero-order chi connectivity index (χ0) is 15.7. The number of benzene rings is 1. The van der Waals surface area contributed by atoms with Crippen LogP contribution in [-0.2, 0) is 14.3 Å². The second-order valence-corrected chi connectivity index (χ2v) is 4.24. The third-order valence-corrected chi connectivity index (χ3v) is 2.61. The molecule has 2 amide bonds. The van der Waals surface area contributed by atoms with E-state index in [0.717, 1.165) is 0 Å². The summed E-state index contributed by atoms with van der Waals surface area (Å²) in [4.78, 5) is 34.1. The van der Waals surface area contributed by atoms with E-state index < -0.39 is 0 Å². The second kappa shape index (κ2) is 8.70. The van der Waals surface area contributed by atoms with Gasteiger partial charge in [0.05, 0.1) is 20.1 Å². The molecule has 0 aromatic heterocycles. The number of ether oxygens (including phenoxy) is 1. The Hall–Kier alpha value is -2.41. The Labute approximate surface area is 123 Å². The average Bonchev–Trinajstić information content (AvgIpc) is 2.47. The lowest BCUT2D eigenvalue weighted by Gasteiger charge is -2.07. The lowest BCUT2D eigenvalue weighted by molar-refractivity contribution is -0.140. The fourth-order valence-electron chi connectivity index (χ4n) is 1.55. The van der Waals surface area contributed by atoms with E-state index in [0.29, 0.717) is 11.3 Å². The molecular formula is C14H19N3O4. The van der Waals surface area contributed by atoms with Crippen LogP contribution in [0.15, 0.2) is 24.3 Å². The maximum atomic E-state index is 11.8.